The number of hydrogen-bond acceptors (Lipinski definition) is 3. The zero-order valence-corrected chi connectivity index (χ0v) is 9.25. The Morgan fingerprint density at radius 1 is 1.31 bits per heavy atom. The topological polar surface area (TPSA) is 43.7 Å². The highest BCUT2D eigenvalue weighted by atomic mass is 16.3. The Morgan fingerprint density at radius 3 is 2.38 bits per heavy atom. The molecule has 1 heterocycles. The summed E-state index contributed by atoms with van der Waals surface area (Å²) in [6.07, 6.45) is 0.765. The van der Waals surface area contributed by atoms with Crippen molar-refractivity contribution in [2.75, 3.05) is 20.1 Å². The molecule has 2 N–H and O–H groups in total. The maximum atomic E-state index is 9.66. The fourth-order valence-corrected chi connectivity index (χ4v) is 1.35. The summed E-state index contributed by atoms with van der Waals surface area (Å²) in [4.78, 5) is 2.13. The van der Waals surface area contributed by atoms with Crippen molar-refractivity contribution in [3.8, 4) is 0 Å². The summed E-state index contributed by atoms with van der Waals surface area (Å²) in [5.41, 5.74) is -0.884. The number of hydrogen-bond donors (Lipinski definition) is 2. The fraction of sp³-hybridized carbons (Fsp3) is 1.00. The molecule has 1 rings (SSSR count). The van der Waals surface area contributed by atoms with Crippen LogP contribution in [0.2, 0.25) is 0 Å². The molecule has 0 aromatic rings. The molecule has 1 aliphatic heterocycles. The van der Waals surface area contributed by atoms with Crippen LogP contribution in [0.15, 0.2) is 0 Å². The average Bonchev–Trinajstić information content (AvgIpc) is 2.23. The standard InChI is InChI=1S/C8H17NO2.C2H6/c1-8(11)4-6-9(2)5-3-7(8)10;1-2/h7,10-11H,3-6H2,1-2H3;1-2H3. The summed E-state index contributed by atoms with van der Waals surface area (Å²) in [5.74, 6) is 0. The first-order chi connectivity index (χ1) is 6.02. The summed E-state index contributed by atoms with van der Waals surface area (Å²) in [5, 5.41) is 19.1. The molecule has 0 radical (unpaired) electrons. The smallest absolute Gasteiger partial charge is 0.0890 e. The second-order valence-corrected chi connectivity index (χ2v) is 3.71. The summed E-state index contributed by atoms with van der Waals surface area (Å²) < 4.78 is 0. The number of nitrogens with zero attached hydrogens (tertiary/aromatic N) is 1. The van der Waals surface area contributed by atoms with Gasteiger partial charge < -0.3 is 15.1 Å². The van der Waals surface area contributed by atoms with Crippen molar-refractivity contribution in [3.63, 3.8) is 0 Å². The van der Waals surface area contributed by atoms with Gasteiger partial charge >= 0.3 is 0 Å². The minimum absolute atomic E-state index is 0.563. The lowest BCUT2D eigenvalue weighted by Gasteiger charge is -2.26. The molecule has 0 bridgehead atoms. The van der Waals surface area contributed by atoms with Gasteiger partial charge in [0.1, 0.15) is 0 Å². The molecule has 2 unspecified atom stereocenters. The van der Waals surface area contributed by atoms with Crippen molar-refractivity contribution < 1.29 is 10.2 Å². The quantitative estimate of drug-likeness (QED) is 0.594. The van der Waals surface area contributed by atoms with Crippen LogP contribution in [0.1, 0.15) is 33.6 Å². The lowest BCUT2D eigenvalue weighted by Crippen LogP contribution is -2.38. The Labute approximate surface area is 81.4 Å². The maximum absolute atomic E-state index is 9.66. The number of aliphatic hydroxyl groups is 2. The maximum Gasteiger partial charge on any atom is 0.0890 e. The Morgan fingerprint density at radius 2 is 1.85 bits per heavy atom. The van der Waals surface area contributed by atoms with Crippen molar-refractivity contribution in [1.82, 2.24) is 4.90 Å². The molecule has 0 spiro atoms. The van der Waals surface area contributed by atoms with Gasteiger partial charge in [0.15, 0.2) is 0 Å². The minimum atomic E-state index is -0.884. The van der Waals surface area contributed by atoms with Crippen LogP contribution < -0.4 is 0 Å². The van der Waals surface area contributed by atoms with Gasteiger partial charge in [-0.05, 0) is 26.8 Å². The lowest BCUT2D eigenvalue weighted by atomic mass is 9.94. The van der Waals surface area contributed by atoms with Crippen molar-refractivity contribution >= 4 is 0 Å². The van der Waals surface area contributed by atoms with Crippen molar-refractivity contribution in [2.24, 2.45) is 0 Å². The van der Waals surface area contributed by atoms with Gasteiger partial charge in [-0.1, -0.05) is 13.8 Å². The Balaban J connectivity index is 0.000000671. The van der Waals surface area contributed by atoms with Crippen LogP contribution in [0.5, 0.6) is 0 Å². The van der Waals surface area contributed by atoms with E-state index in [1.54, 1.807) is 6.92 Å². The van der Waals surface area contributed by atoms with Crippen LogP contribution in [0.3, 0.4) is 0 Å². The Bertz CT molecular complexity index is 137. The third kappa shape index (κ3) is 4.07. The summed E-state index contributed by atoms with van der Waals surface area (Å²) in [6, 6.07) is 0. The van der Waals surface area contributed by atoms with Gasteiger partial charge in [-0.25, -0.2) is 0 Å². The van der Waals surface area contributed by atoms with E-state index in [1.807, 2.05) is 20.9 Å². The molecule has 1 fully saturated rings. The van der Waals surface area contributed by atoms with Crippen molar-refractivity contribution in [3.05, 3.63) is 0 Å². The van der Waals surface area contributed by atoms with Crippen LogP contribution in [0.25, 0.3) is 0 Å². The molecule has 1 aliphatic rings. The molecular formula is C10H23NO2. The fourth-order valence-electron chi connectivity index (χ4n) is 1.35. The molecular weight excluding hydrogens is 166 g/mol. The van der Waals surface area contributed by atoms with Gasteiger partial charge in [0.05, 0.1) is 11.7 Å². The van der Waals surface area contributed by atoms with Crippen LogP contribution >= 0.6 is 0 Å². The van der Waals surface area contributed by atoms with Crippen molar-refractivity contribution in [2.45, 2.75) is 45.3 Å². The van der Waals surface area contributed by atoms with E-state index in [1.165, 1.54) is 0 Å². The first-order valence-corrected chi connectivity index (χ1v) is 5.11. The van der Waals surface area contributed by atoms with E-state index in [0.717, 1.165) is 13.1 Å². The SMILES string of the molecule is CC.CN1CCC(O)C(C)(O)CC1. The molecule has 80 valence electrons. The molecule has 3 heteroatoms. The summed E-state index contributed by atoms with van der Waals surface area (Å²) in [6.45, 7) is 7.44. The van der Waals surface area contributed by atoms with E-state index >= 15 is 0 Å². The van der Waals surface area contributed by atoms with Gasteiger partial charge in [-0.15, -0.1) is 0 Å². The lowest BCUT2D eigenvalue weighted by molar-refractivity contribution is -0.0622. The summed E-state index contributed by atoms with van der Waals surface area (Å²) >= 11 is 0. The highest BCUT2D eigenvalue weighted by Gasteiger charge is 2.32. The summed E-state index contributed by atoms with van der Waals surface area (Å²) in [7, 11) is 2.01. The zero-order valence-electron chi connectivity index (χ0n) is 9.25. The first kappa shape index (κ1) is 12.9. The van der Waals surface area contributed by atoms with E-state index in [2.05, 4.69) is 4.90 Å². The molecule has 0 saturated carbocycles. The highest BCUT2D eigenvalue weighted by molar-refractivity contribution is 4.85. The van der Waals surface area contributed by atoms with Gasteiger partial charge in [0.2, 0.25) is 0 Å². The van der Waals surface area contributed by atoms with E-state index in [-0.39, 0.29) is 0 Å². The van der Waals surface area contributed by atoms with Crippen LogP contribution in [0, 0.1) is 0 Å². The molecule has 0 amide bonds. The van der Waals surface area contributed by atoms with E-state index in [9.17, 15) is 10.2 Å². The molecule has 13 heavy (non-hydrogen) atoms. The van der Waals surface area contributed by atoms with Gasteiger partial charge in [0.25, 0.3) is 0 Å². The number of aliphatic hydroxyl groups excluding tert-OH is 1. The molecule has 2 atom stereocenters. The molecule has 0 aromatic heterocycles. The van der Waals surface area contributed by atoms with Crippen LogP contribution in [0.4, 0.5) is 0 Å². The Kier molecular flexibility index (Phi) is 5.53. The van der Waals surface area contributed by atoms with Gasteiger partial charge in [-0.2, -0.15) is 0 Å². The van der Waals surface area contributed by atoms with Gasteiger partial charge in [-0.3, -0.25) is 0 Å². The van der Waals surface area contributed by atoms with E-state index in [4.69, 9.17) is 0 Å². The normalized spacial score (nSPS) is 36.0. The number of likely N-dealkylation sites (tertiary alicyclic amines) is 1. The molecule has 3 nitrogen and oxygen atoms in total. The van der Waals surface area contributed by atoms with Crippen molar-refractivity contribution in [1.29, 1.82) is 0 Å². The number of rotatable bonds is 0. The van der Waals surface area contributed by atoms with Gasteiger partial charge in [0, 0.05) is 13.1 Å². The third-order valence-corrected chi connectivity index (χ3v) is 2.50. The van der Waals surface area contributed by atoms with E-state index < -0.39 is 11.7 Å². The largest absolute Gasteiger partial charge is 0.390 e. The zero-order chi connectivity index (χ0) is 10.5. The second kappa shape index (κ2) is 5.58. The van der Waals surface area contributed by atoms with Crippen LogP contribution in [-0.2, 0) is 0 Å². The predicted octanol–water partition coefficient (Wildman–Crippen LogP) is 0.850. The molecule has 1 saturated heterocycles. The monoisotopic (exact) mass is 189 g/mol. The highest BCUT2D eigenvalue weighted by Crippen LogP contribution is 2.21. The second-order valence-electron chi connectivity index (χ2n) is 3.71. The third-order valence-electron chi connectivity index (χ3n) is 2.50. The molecule has 0 aromatic carbocycles. The molecule has 0 aliphatic carbocycles. The van der Waals surface area contributed by atoms with Crippen LogP contribution in [-0.4, -0.2) is 47.0 Å². The first-order valence-electron chi connectivity index (χ1n) is 5.11. The average molecular weight is 189 g/mol. The predicted molar refractivity (Wildman–Crippen MR) is 54.7 cm³/mol. The van der Waals surface area contributed by atoms with E-state index in [0.29, 0.717) is 12.8 Å². The Hall–Kier alpha value is -0.120. The minimum Gasteiger partial charge on any atom is -0.390 e.